The topological polar surface area (TPSA) is 104 Å². The van der Waals surface area contributed by atoms with E-state index in [4.69, 9.17) is 24.7 Å². The summed E-state index contributed by atoms with van der Waals surface area (Å²) in [5, 5.41) is 9.71. The highest BCUT2D eigenvalue weighted by atomic mass is 16.5. The summed E-state index contributed by atoms with van der Waals surface area (Å²) in [6.45, 7) is 1.98. The molecule has 0 unspecified atom stereocenters. The fourth-order valence-electron chi connectivity index (χ4n) is 3.68. The second kappa shape index (κ2) is 7.23. The van der Waals surface area contributed by atoms with Crippen LogP contribution >= 0.6 is 0 Å². The van der Waals surface area contributed by atoms with Crippen LogP contribution in [0.15, 0.2) is 34.9 Å². The molecule has 7 heteroatoms. The van der Waals surface area contributed by atoms with E-state index in [0.717, 1.165) is 0 Å². The summed E-state index contributed by atoms with van der Waals surface area (Å²) in [7, 11) is 4.56. The van der Waals surface area contributed by atoms with Gasteiger partial charge in [-0.05, 0) is 12.0 Å². The van der Waals surface area contributed by atoms with Crippen LogP contribution in [0.5, 0.6) is 17.2 Å². The molecule has 27 heavy (non-hydrogen) atoms. The summed E-state index contributed by atoms with van der Waals surface area (Å²) in [6.07, 6.45) is 0.986. The molecule has 7 nitrogen and oxygen atoms in total. The van der Waals surface area contributed by atoms with Crippen LogP contribution in [0.4, 0.5) is 0 Å². The molecule has 3 rings (SSSR count). The zero-order valence-corrected chi connectivity index (χ0v) is 15.8. The summed E-state index contributed by atoms with van der Waals surface area (Å²) in [6, 6.07) is 5.49. The van der Waals surface area contributed by atoms with E-state index >= 15 is 0 Å². The summed E-state index contributed by atoms with van der Waals surface area (Å²) >= 11 is 0. The van der Waals surface area contributed by atoms with Crippen LogP contribution in [0, 0.1) is 17.2 Å². The number of methoxy groups -OCH3 is 3. The fourth-order valence-corrected chi connectivity index (χ4v) is 3.68. The van der Waals surface area contributed by atoms with Crippen LogP contribution < -0.4 is 19.9 Å². The smallest absolute Gasteiger partial charge is 0.205 e. The van der Waals surface area contributed by atoms with E-state index < -0.39 is 5.92 Å². The van der Waals surface area contributed by atoms with E-state index in [1.165, 1.54) is 21.3 Å². The van der Waals surface area contributed by atoms with Crippen LogP contribution in [0.25, 0.3) is 0 Å². The van der Waals surface area contributed by atoms with E-state index in [2.05, 4.69) is 6.07 Å². The highest BCUT2D eigenvalue weighted by Gasteiger charge is 2.41. The van der Waals surface area contributed by atoms with Crippen molar-refractivity contribution in [2.75, 3.05) is 21.3 Å². The molecule has 2 atom stereocenters. The number of hydrogen-bond acceptors (Lipinski definition) is 7. The van der Waals surface area contributed by atoms with Crippen molar-refractivity contribution in [3.05, 3.63) is 40.5 Å². The maximum atomic E-state index is 12.9. The number of nitriles is 1. The van der Waals surface area contributed by atoms with Gasteiger partial charge in [-0.25, -0.2) is 0 Å². The molecule has 0 radical (unpaired) electrons. The number of allylic oxidation sites excluding steroid dienone is 3. The lowest BCUT2D eigenvalue weighted by Crippen LogP contribution is -2.30. The lowest BCUT2D eigenvalue weighted by Gasteiger charge is -2.33. The lowest BCUT2D eigenvalue weighted by molar-refractivity contribution is -0.117. The Kier molecular flexibility index (Phi) is 5.00. The minimum absolute atomic E-state index is 0.0139. The fraction of sp³-hybridized carbons (Fsp3) is 0.400. The zero-order chi connectivity index (χ0) is 19.7. The van der Waals surface area contributed by atoms with Crippen molar-refractivity contribution in [1.82, 2.24) is 0 Å². The Morgan fingerprint density at radius 3 is 2.33 bits per heavy atom. The molecule has 0 saturated carbocycles. The summed E-state index contributed by atoms with van der Waals surface area (Å²) in [4.78, 5) is 12.9. The molecule has 1 aromatic carbocycles. The molecule has 1 aliphatic carbocycles. The first-order valence-corrected chi connectivity index (χ1v) is 8.58. The first-order valence-electron chi connectivity index (χ1n) is 8.58. The summed E-state index contributed by atoms with van der Waals surface area (Å²) in [5.41, 5.74) is 7.28. The highest BCUT2D eigenvalue weighted by Crippen LogP contribution is 2.49. The molecular weight excluding hydrogens is 348 g/mol. The predicted molar refractivity (Wildman–Crippen MR) is 97.2 cm³/mol. The van der Waals surface area contributed by atoms with Crippen LogP contribution in [-0.4, -0.2) is 27.1 Å². The highest BCUT2D eigenvalue weighted by molar-refractivity contribution is 5.99. The molecule has 0 aromatic heterocycles. The number of nitrogens with zero attached hydrogens (tertiary/aromatic N) is 1. The van der Waals surface area contributed by atoms with E-state index in [9.17, 15) is 10.1 Å². The Bertz CT molecular complexity index is 894. The first kappa shape index (κ1) is 18.6. The molecule has 0 bridgehead atoms. The first-order chi connectivity index (χ1) is 12.9. The van der Waals surface area contributed by atoms with E-state index in [0.29, 0.717) is 47.0 Å². The van der Waals surface area contributed by atoms with Crippen LogP contribution in [-0.2, 0) is 9.53 Å². The molecule has 0 spiro atoms. The largest absolute Gasteiger partial charge is 0.496 e. The third-order valence-corrected chi connectivity index (χ3v) is 4.91. The van der Waals surface area contributed by atoms with Crippen molar-refractivity contribution in [3.8, 4) is 23.3 Å². The van der Waals surface area contributed by atoms with Crippen molar-refractivity contribution < 1.29 is 23.7 Å². The van der Waals surface area contributed by atoms with Gasteiger partial charge in [0.05, 0.1) is 27.2 Å². The average molecular weight is 370 g/mol. The van der Waals surface area contributed by atoms with E-state index in [1.54, 1.807) is 12.1 Å². The molecule has 0 fully saturated rings. The molecule has 1 aliphatic heterocycles. The van der Waals surface area contributed by atoms with Gasteiger partial charge in [0.25, 0.3) is 0 Å². The maximum Gasteiger partial charge on any atom is 0.205 e. The third kappa shape index (κ3) is 3.08. The van der Waals surface area contributed by atoms with Gasteiger partial charge >= 0.3 is 0 Å². The number of rotatable bonds is 4. The van der Waals surface area contributed by atoms with Gasteiger partial charge in [-0.1, -0.05) is 6.92 Å². The second-order valence-corrected chi connectivity index (χ2v) is 6.65. The molecule has 1 aromatic rings. The summed E-state index contributed by atoms with van der Waals surface area (Å²) < 4.78 is 21.9. The molecule has 142 valence electrons. The Morgan fingerprint density at radius 2 is 1.74 bits per heavy atom. The Labute approximate surface area is 157 Å². The zero-order valence-electron chi connectivity index (χ0n) is 15.8. The number of ketones is 1. The number of carbonyl (C=O) groups excluding carboxylic acids is 1. The minimum Gasteiger partial charge on any atom is -0.496 e. The Hall–Kier alpha value is -3.14. The van der Waals surface area contributed by atoms with Gasteiger partial charge in [0.1, 0.15) is 23.2 Å². The predicted octanol–water partition coefficient (Wildman–Crippen LogP) is 2.77. The maximum absolute atomic E-state index is 12.9. The average Bonchev–Trinajstić information content (AvgIpc) is 2.65. The van der Waals surface area contributed by atoms with E-state index in [-0.39, 0.29) is 23.2 Å². The Balaban J connectivity index is 2.27. The second-order valence-electron chi connectivity index (χ2n) is 6.65. The molecule has 0 saturated heterocycles. The van der Waals surface area contributed by atoms with Crippen LogP contribution in [0.2, 0.25) is 0 Å². The Morgan fingerprint density at radius 1 is 1.11 bits per heavy atom. The van der Waals surface area contributed by atoms with Gasteiger partial charge in [-0.2, -0.15) is 5.26 Å². The number of nitrogens with two attached hydrogens (primary N) is 1. The molecule has 2 aliphatic rings. The van der Waals surface area contributed by atoms with Crippen molar-refractivity contribution in [2.24, 2.45) is 11.7 Å². The molecule has 2 N–H and O–H groups in total. The normalized spacial score (nSPS) is 22.0. The molecule has 1 heterocycles. The van der Waals surface area contributed by atoms with Gasteiger partial charge in [0, 0.05) is 30.0 Å². The SMILES string of the molecule is COc1cc(OC)c([C@@H]2C(C#N)=C(N)OC3=C2C(=O)C[C@H](C)C3)cc1OC. The number of carbonyl (C=O) groups is 1. The van der Waals surface area contributed by atoms with Gasteiger partial charge in [-0.3, -0.25) is 4.79 Å². The molecule has 0 amide bonds. The van der Waals surface area contributed by atoms with Crippen molar-refractivity contribution in [1.29, 1.82) is 5.26 Å². The van der Waals surface area contributed by atoms with Gasteiger partial charge in [-0.15, -0.1) is 0 Å². The quantitative estimate of drug-likeness (QED) is 0.869. The van der Waals surface area contributed by atoms with Gasteiger partial charge in [0.15, 0.2) is 17.3 Å². The lowest BCUT2D eigenvalue weighted by atomic mass is 9.75. The number of ether oxygens (including phenoxy) is 4. The number of benzene rings is 1. The van der Waals surface area contributed by atoms with Crippen molar-refractivity contribution >= 4 is 5.78 Å². The van der Waals surface area contributed by atoms with Crippen molar-refractivity contribution in [3.63, 3.8) is 0 Å². The summed E-state index contributed by atoms with van der Waals surface area (Å²) in [5.74, 6) is 1.39. The number of hydrogen-bond donors (Lipinski definition) is 1. The van der Waals surface area contributed by atoms with E-state index in [1.807, 2.05) is 6.92 Å². The molecular formula is C20H22N2O5. The van der Waals surface area contributed by atoms with Crippen LogP contribution in [0.1, 0.15) is 31.2 Å². The van der Waals surface area contributed by atoms with Gasteiger partial charge in [0.2, 0.25) is 5.88 Å². The standard InChI is InChI=1S/C20H22N2O5/c1-10-5-13(23)19-17(6-10)27-20(22)12(9-21)18(19)11-7-15(25-3)16(26-4)8-14(11)24-2/h7-8,10,18H,5-6,22H2,1-4H3/t10-,18+/m0/s1. The van der Waals surface area contributed by atoms with Gasteiger partial charge < -0.3 is 24.7 Å². The monoisotopic (exact) mass is 370 g/mol. The third-order valence-electron chi connectivity index (χ3n) is 4.91. The number of Topliss-reactive ketones (excluding diaryl/α,β-unsaturated/α-hetero) is 1. The van der Waals surface area contributed by atoms with Crippen LogP contribution in [0.3, 0.4) is 0 Å². The minimum atomic E-state index is -0.673. The van der Waals surface area contributed by atoms with Crippen molar-refractivity contribution in [2.45, 2.75) is 25.7 Å².